The van der Waals surface area contributed by atoms with Gasteiger partial charge in [0.15, 0.2) is 6.61 Å². The number of aryl methyl sites for hydroxylation is 1. The van der Waals surface area contributed by atoms with Crippen molar-refractivity contribution >= 4 is 11.9 Å². The van der Waals surface area contributed by atoms with Gasteiger partial charge in [0, 0.05) is 13.1 Å². The van der Waals surface area contributed by atoms with Gasteiger partial charge in [0.2, 0.25) is 0 Å². The number of hydrogen-bond acceptors (Lipinski definition) is 4. The van der Waals surface area contributed by atoms with Gasteiger partial charge >= 0.3 is 5.97 Å². The fraction of sp³-hybridized carbons (Fsp3) is 0.600. The predicted molar refractivity (Wildman–Crippen MR) is 96.0 cm³/mol. The van der Waals surface area contributed by atoms with Crippen molar-refractivity contribution < 1.29 is 24.5 Å². The van der Waals surface area contributed by atoms with E-state index in [9.17, 15) is 19.8 Å². The highest BCUT2D eigenvalue weighted by Gasteiger charge is 2.52. The Morgan fingerprint density at radius 1 is 1.27 bits per heavy atom. The van der Waals surface area contributed by atoms with E-state index in [4.69, 9.17) is 4.74 Å². The second-order valence-electron chi connectivity index (χ2n) is 7.72. The predicted octanol–water partition coefficient (Wildman–Crippen LogP) is 2.15. The fourth-order valence-electron chi connectivity index (χ4n) is 3.74. The molecule has 26 heavy (non-hydrogen) atoms. The Labute approximate surface area is 153 Å². The number of benzene rings is 1. The van der Waals surface area contributed by atoms with Gasteiger partial charge in [-0.1, -0.05) is 25.0 Å². The molecule has 1 saturated heterocycles. The van der Waals surface area contributed by atoms with Crippen LogP contribution >= 0.6 is 0 Å². The van der Waals surface area contributed by atoms with E-state index in [0.29, 0.717) is 24.6 Å². The van der Waals surface area contributed by atoms with E-state index in [1.807, 2.05) is 32.0 Å². The number of carbonyl (C=O) groups is 2. The molecule has 6 heteroatoms. The Hall–Kier alpha value is -2.08. The van der Waals surface area contributed by atoms with Gasteiger partial charge in [-0.2, -0.15) is 0 Å². The molecule has 0 spiro atoms. The summed E-state index contributed by atoms with van der Waals surface area (Å²) in [5.74, 6) is -0.232. The zero-order valence-corrected chi connectivity index (χ0v) is 15.4. The molecule has 1 aliphatic carbocycles. The Balaban J connectivity index is 1.67. The Morgan fingerprint density at radius 3 is 2.65 bits per heavy atom. The Kier molecular flexibility index (Phi) is 5.23. The quantitative estimate of drug-likeness (QED) is 0.811. The van der Waals surface area contributed by atoms with E-state index >= 15 is 0 Å². The third kappa shape index (κ3) is 3.70. The summed E-state index contributed by atoms with van der Waals surface area (Å²) in [6, 6.07) is 5.68. The number of ether oxygens (including phenoxy) is 1. The maximum Gasteiger partial charge on any atom is 0.314 e. The van der Waals surface area contributed by atoms with E-state index in [1.54, 1.807) is 0 Å². The second kappa shape index (κ2) is 7.27. The third-order valence-electron chi connectivity index (χ3n) is 5.82. The van der Waals surface area contributed by atoms with Crippen molar-refractivity contribution in [1.82, 2.24) is 4.90 Å². The molecule has 2 atom stereocenters. The molecule has 0 bridgehead atoms. The zero-order chi connectivity index (χ0) is 18.9. The highest BCUT2D eigenvalue weighted by Crippen LogP contribution is 2.45. The maximum atomic E-state index is 12.6. The van der Waals surface area contributed by atoms with Crippen molar-refractivity contribution in [3.8, 4) is 5.75 Å². The van der Waals surface area contributed by atoms with Crippen LogP contribution in [0.15, 0.2) is 18.2 Å². The van der Waals surface area contributed by atoms with Crippen LogP contribution in [0.25, 0.3) is 0 Å². The number of aliphatic hydroxyl groups excluding tert-OH is 1. The van der Waals surface area contributed by atoms with E-state index < -0.39 is 17.5 Å². The highest BCUT2D eigenvalue weighted by molar-refractivity contribution is 5.81. The fourth-order valence-corrected chi connectivity index (χ4v) is 3.74. The number of aliphatic carboxylic acids is 1. The number of likely N-dealkylation sites (tertiary alicyclic amines) is 1. The number of carbonyl (C=O) groups excluding carboxylic acids is 1. The molecule has 0 unspecified atom stereocenters. The number of piperidine rings is 1. The summed E-state index contributed by atoms with van der Waals surface area (Å²) in [5.41, 5.74) is 0.822. The lowest BCUT2D eigenvalue weighted by atomic mass is 9.73. The monoisotopic (exact) mass is 361 g/mol. The molecular weight excluding hydrogens is 334 g/mol. The van der Waals surface area contributed by atoms with Crippen molar-refractivity contribution in [3.63, 3.8) is 0 Å². The highest BCUT2D eigenvalue weighted by atomic mass is 16.5. The molecule has 1 aromatic rings. The zero-order valence-electron chi connectivity index (χ0n) is 15.4. The molecule has 1 heterocycles. The summed E-state index contributed by atoms with van der Waals surface area (Å²) < 4.78 is 5.68. The van der Waals surface area contributed by atoms with Gasteiger partial charge in [0.05, 0.1) is 6.10 Å². The van der Waals surface area contributed by atoms with Gasteiger partial charge in [-0.3, -0.25) is 9.59 Å². The molecule has 142 valence electrons. The number of carboxylic acids is 1. The average molecular weight is 361 g/mol. The standard InChI is InChI=1S/C20H27NO5/c1-13-4-3-5-16(14(13)2)26-11-18(23)21-9-8-17(22)20(12-21,19(24)25)10-15-6-7-15/h3-5,15,17,22H,6-12H2,1-2H3,(H,24,25)/t17-,20-/m0/s1. The average Bonchev–Trinajstić information content (AvgIpc) is 3.41. The van der Waals surface area contributed by atoms with Gasteiger partial charge in [-0.25, -0.2) is 0 Å². The minimum absolute atomic E-state index is 0.0506. The van der Waals surface area contributed by atoms with Gasteiger partial charge in [0.25, 0.3) is 5.91 Å². The van der Waals surface area contributed by atoms with Crippen LogP contribution in [0.1, 0.15) is 36.8 Å². The number of hydrogen-bond donors (Lipinski definition) is 2. The first-order chi connectivity index (χ1) is 12.3. The Bertz CT molecular complexity index is 699. The van der Waals surface area contributed by atoms with Crippen molar-refractivity contribution in [1.29, 1.82) is 0 Å². The minimum Gasteiger partial charge on any atom is -0.483 e. The smallest absolute Gasteiger partial charge is 0.314 e. The normalized spacial score (nSPS) is 25.8. The Morgan fingerprint density at radius 2 is 2.00 bits per heavy atom. The van der Waals surface area contributed by atoms with Crippen molar-refractivity contribution in [3.05, 3.63) is 29.3 Å². The first-order valence-corrected chi connectivity index (χ1v) is 9.22. The molecule has 1 aromatic carbocycles. The molecule has 1 aliphatic heterocycles. The van der Waals surface area contributed by atoms with Crippen molar-refractivity contribution in [2.75, 3.05) is 19.7 Å². The summed E-state index contributed by atoms with van der Waals surface area (Å²) in [6.07, 6.45) is 1.82. The van der Waals surface area contributed by atoms with Crippen LogP contribution in [-0.2, 0) is 9.59 Å². The second-order valence-corrected chi connectivity index (χ2v) is 7.72. The van der Waals surface area contributed by atoms with Gasteiger partial charge < -0.3 is 19.8 Å². The van der Waals surface area contributed by atoms with Crippen LogP contribution in [0.5, 0.6) is 5.75 Å². The SMILES string of the molecule is Cc1cccc(OCC(=O)N2CC[C@H](O)[C@@](CC3CC3)(C(=O)O)C2)c1C. The maximum absolute atomic E-state index is 12.6. The number of amides is 1. The minimum atomic E-state index is -1.26. The molecule has 0 radical (unpaired) electrons. The van der Waals surface area contributed by atoms with Gasteiger partial charge in [0.1, 0.15) is 11.2 Å². The van der Waals surface area contributed by atoms with Crippen molar-refractivity contribution in [2.24, 2.45) is 11.3 Å². The number of nitrogens with zero attached hydrogens (tertiary/aromatic N) is 1. The number of rotatable bonds is 6. The van der Waals surface area contributed by atoms with E-state index in [1.165, 1.54) is 4.90 Å². The van der Waals surface area contributed by atoms with Gasteiger partial charge in [-0.15, -0.1) is 0 Å². The van der Waals surface area contributed by atoms with Crippen LogP contribution in [0.2, 0.25) is 0 Å². The molecule has 3 rings (SSSR count). The molecule has 0 aromatic heterocycles. The molecular formula is C20H27NO5. The molecule has 2 aliphatic rings. The summed E-state index contributed by atoms with van der Waals surface area (Å²) in [6.45, 7) is 4.21. The largest absolute Gasteiger partial charge is 0.483 e. The molecule has 2 fully saturated rings. The first-order valence-electron chi connectivity index (χ1n) is 9.22. The van der Waals surface area contributed by atoms with Crippen LogP contribution in [0.4, 0.5) is 0 Å². The van der Waals surface area contributed by atoms with Crippen molar-refractivity contribution in [2.45, 2.75) is 45.6 Å². The number of aliphatic hydroxyl groups is 1. The lowest BCUT2D eigenvalue weighted by Gasteiger charge is -2.43. The number of carboxylic acid groups (broad SMARTS) is 1. The molecule has 2 N–H and O–H groups in total. The van der Waals surface area contributed by atoms with Gasteiger partial charge in [-0.05, 0) is 49.8 Å². The van der Waals surface area contributed by atoms with Crippen LogP contribution < -0.4 is 4.74 Å². The van der Waals surface area contributed by atoms with E-state index in [-0.39, 0.29) is 25.5 Å². The lowest BCUT2D eigenvalue weighted by molar-refractivity contribution is -0.167. The van der Waals surface area contributed by atoms with Crippen LogP contribution in [0.3, 0.4) is 0 Å². The molecule has 1 amide bonds. The first kappa shape index (κ1) is 18.7. The van der Waals surface area contributed by atoms with Crippen LogP contribution in [-0.4, -0.2) is 52.8 Å². The van der Waals surface area contributed by atoms with Crippen LogP contribution in [0, 0.1) is 25.2 Å². The molecule has 6 nitrogen and oxygen atoms in total. The topological polar surface area (TPSA) is 87.1 Å². The third-order valence-corrected chi connectivity index (χ3v) is 5.82. The summed E-state index contributed by atoms with van der Waals surface area (Å²) in [4.78, 5) is 26.1. The summed E-state index contributed by atoms with van der Waals surface area (Å²) in [5, 5.41) is 20.2. The summed E-state index contributed by atoms with van der Waals surface area (Å²) in [7, 11) is 0. The molecule has 1 saturated carbocycles. The van der Waals surface area contributed by atoms with E-state index in [2.05, 4.69) is 0 Å². The van der Waals surface area contributed by atoms with E-state index in [0.717, 1.165) is 24.0 Å². The lowest BCUT2D eigenvalue weighted by Crippen LogP contribution is -2.58. The summed E-state index contributed by atoms with van der Waals surface area (Å²) >= 11 is 0.